The summed E-state index contributed by atoms with van der Waals surface area (Å²) in [5, 5.41) is 3.24. The molecule has 0 unspecified atom stereocenters. The highest BCUT2D eigenvalue weighted by Gasteiger charge is 2.31. The van der Waals surface area contributed by atoms with Crippen molar-refractivity contribution in [2.24, 2.45) is 0 Å². The molecule has 0 radical (unpaired) electrons. The minimum absolute atomic E-state index is 0.175. The van der Waals surface area contributed by atoms with Gasteiger partial charge in [-0.25, -0.2) is 9.18 Å². The number of nitrogens with one attached hydrogen (secondary N) is 2. The van der Waals surface area contributed by atoms with Crippen LogP contribution in [-0.2, 0) is 0 Å². The highest BCUT2D eigenvalue weighted by atomic mass is 19.1. The molecule has 23 heavy (non-hydrogen) atoms. The fourth-order valence-electron chi connectivity index (χ4n) is 3.56. The molecule has 1 aliphatic carbocycles. The number of piperazine rings is 1. The van der Waals surface area contributed by atoms with Crippen molar-refractivity contribution in [3.8, 4) is 0 Å². The summed E-state index contributed by atoms with van der Waals surface area (Å²) < 4.78 is 15.9. The van der Waals surface area contributed by atoms with E-state index in [0.29, 0.717) is 35.4 Å². The van der Waals surface area contributed by atoms with Gasteiger partial charge in [0.05, 0.1) is 17.4 Å². The van der Waals surface area contributed by atoms with Gasteiger partial charge in [0.2, 0.25) is 0 Å². The quantitative estimate of drug-likeness (QED) is 0.856. The first kappa shape index (κ1) is 14.4. The Balaban J connectivity index is 2.04. The number of hydrogen-bond acceptors (Lipinski definition) is 4. The summed E-state index contributed by atoms with van der Waals surface area (Å²) in [6.07, 6.45) is 3.09. The molecule has 4 rings (SSSR count). The van der Waals surface area contributed by atoms with Crippen LogP contribution in [0, 0.1) is 12.7 Å². The second-order valence-corrected chi connectivity index (χ2v) is 6.35. The maximum absolute atomic E-state index is 14.7. The summed E-state index contributed by atoms with van der Waals surface area (Å²) in [5.41, 5.74) is 1.48. The summed E-state index contributed by atoms with van der Waals surface area (Å²) >= 11 is 0. The molecule has 2 aliphatic rings. The lowest BCUT2D eigenvalue weighted by molar-refractivity contribution is 0.561. The Morgan fingerprint density at radius 1 is 1.22 bits per heavy atom. The molecule has 2 N–H and O–H groups in total. The van der Waals surface area contributed by atoms with Crippen LogP contribution in [0.25, 0.3) is 5.52 Å². The minimum atomic E-state index is -0.580. The number of H-pyrrole nitrogens is 1. The molecule has 0 amide bonds. The number of hydrogen-bond donors (Lipinski definition) is 2. The summed E-state index contributed by atoms with van der Waals surface area (Å²) in [6.45, 7) is 4.81. The van der Waals surface area contributed by atoms with Crippen LogP contribution in [0.5, 0.6) is 0 Å². The van der Waals surface area contributed by atoms with E-state index in [1.165, 1.54) is 10.6 Å². The molecule has 2 fully saturated rings. The highest BCUT2D eigenvalue weighted by Crippen LogP contribution is 2.41. The molecule has 1 saturated carbocycles. The van der Waals surface area contributed by atoms with Gasteiger partial charge in [-0.3, -0.25) is 14.2 Å². The van der Waals surface area contributed by atoms with Crippen LogP contribution >= 0.6 is 0 Å². The molecular formula is C16H19FN4O2. The fraction of sp³-hybridized carbons (Fsp3) is 0.500. The SMILES string of the molecule is Cc1c(N2CCNCC2)c(F)cn2c(=O)[nH]c(=O)c(C3CC3)c12. The second-order valence-electron chi connectivity index (χ2n) is 6.35. The second kappa shape index (κ2) is 5.19. The minimum Gasteiger partial charge on any atom is -0.366 e. The molecule has 6 nitrogen and oxygen atoms in total. The third-order valence-corrected chi connectivity index (χ3v) is 4.78. The number of aromatic nitrogens is 2. The third kappa shape index (κ3) is 2.26. The zero-order chi connectivity index (χ0) is 16.1. The van der Waals surface area contributed by atoms with Gasteiger partial charge in [-0.2, -0.15) is 0 Å². The number of pyridine rings is 1. The molecule has 1 aliphatic heterocycles. The van der Waals surface area contributed by atoms with Crippen molar-refractivity contribution in [3.63, 3.8) is 0 Å². The average Bonchev–Trinajstić information content (AvgIpc) is 3.34. The average molecular weight is 318 g/mol. The van der Waals surface area contributed by atoms with Gasteiger partial charge in [-0.15, -0.1) is 0 Å². The highest BCUT2D eigenvalue weighted by molar-refractivity contribution is 5.72. The van der Waals surface area contributed by atoms with E-state index in [0.717, 1.165) is 25.9 Å². The van der Waals surface area contributed by atoms with Crippen LogP contribution < -0.4 is 21.5 Å². The van der Waals surface area contributed by atoms with Gasteiger partial charge in [0.15, 0.2) is 5.82 Å². The molecule has 0 aromatic carbocycles. The van der Waals surface area contributed by atoms with Gasteiger partial charge >= 0.3 is 5.69 Å². The van der Waals surface area contributed by atoms with E-state index >= 15 is 0 Å². The van der Waals surface area contributed by atoms with Crippen molar-refractivity contribution < 1.29 is 4.39 Å². The van der Waals surface area contributed by atoms with Crippen LogP contribution in [0.1, 0.15) is 29.9 Å². The first-order valence-electron chi connectivity index (χ1n) is 8.01. The molecule has 0 atom stereocenters. The topological polar surface area (TPSA) is 69.6 Å². The number of nitrogens with zero attached hydrogens (tertiary/aromatic N) is 2. The Labute approximate surface area is 131 Å². The Bertz CT molecular complexity index is 892. The van der Waals surface area contributed by atoms with E-state index in [9.17, 15) is 14.0 Å². The smallest absolute Gasteiger partial charge is 0.333 e. The number of anilines is 1. The van der Waals surface area contributed by atoms with Gasteiger partial charge in [0, 0.05) is 37.3 Å². The van der Waals surface area contributed by atoms with E-state index in [-0.39, 0.29) is 11.5 Å². The predicted molar refractivity (Wildman–Crippen MR) is 86.0 cm³/mol. The van der Waals surface area contributed by atoms with Crippen LogP contribution in [-0.4, -0.2) is 35.6 Å². The Morgan fingerprint density at radius 2 is 1.91 bits per heavy atom. The van der Waals surface area contributed by atoms with Crippen LogP contribution in [0.2, 0.25) is 0 Å². The predicted octanol–water partition coefficient (Wildman–Crippen LogP) is 0.722. The Hall–Kier alpha value is -2.15. The Morgan fingerprint density at radius 3 is 2.57 bits per heavy atom. The van der Waals surface area contributed by atoms with Crippen LogP contribution in [0.15, 0.2) is 15.8 Å². The zero-order valence-corrected chi connectivity index (χ0v) is 13.0. The van der Waals surface area contributed by atoms with Crippen molar-refractivity contribution in [2.75, 3.05) is 31.1 Å². The summed E-state index contributed by atoms with van der Waals surface area (Å²) in [5.74, 6) is -0.248. The number of rotatable bonds is 2. The third-order valence-electron chi connectivity index (χ3n) is 4.78. The summed E-state index contributed by atoms with van der Waals surface area (Å²) in [4.78, 5) is 28.7. The maximum atomic E-state index is 14.7. The van der Waals surface area contributed by atoms with Gasteiger partial charge in [0.25, 0.3) is 5.56 Å². The van der Waals surface area contributed by atoms with Gasteiger partial charge < -0.3 is 10.2 Å². The van der Waals surface area contributed by atoms with E-state index < -0.39 is 11.5 Å². The van der Waals surface area contributed by atoms with Crippen molar-refractivity contribution in [3.05, 3.63) is 44.0 Å². The molecule has 7 heteroatoms. The molecule has 0 spiro atoms. The van der Waals surface area contributed by atoms with Crippen molar-refractivity contribution in [1.29, 1.82) is 0 Å². The van der Waals surface area contributed by atoms with E-state index in [1.807, 2.05) is 4.90 Å². The van der Waals surface area contributed by atoms with Crippen LogP contribution in [0.4, 0.5) is 10.1 Å². The lowest BCUT2D eigenvalue weighted by Crippen LogP contribution is -2.44. The first-order valence-corrected chi connectivity index (χ1v) is 8.01. The van der Waals surface area contributed by atoms with Crippen molar-refractivity contribution in [1.82, 2.24) is 14.7 Å². The summed E-state index contributed by atoms with van der Waals surface area (Å²) in [7, 11) is 0. The standard InChI is InChI=1S/C16H19FN4O2/c1-9-13(20-6-4-18-5-7-20)11(17)8-21-14(9)12(10-2-3-10)15(22)19-16(21)23/h8,10,18H,2-7H2,1H3,(H,19,22,23). The lowest BCUT2D eigenvalue weighted by atomic mass is 10.1. The first-order chi connectivity index (χ1) is 11.1. The van der Waals surface area contributed by atoms with Crippen molar-refractivity contribution in [2.45, 2.75) is 25.7 Å². The van der Waals surface area contributed by atoms with Gasteiger partial charge in [-0.1, -0.05) is 0 Å². The maximum Gasteiger partial charge on any atom is 0.333 e. The molecule has 122 valence electrons. The van der Waals surface area contributed by atoms with E-state index in [4.69, 9.17) is 0 Å². The summed E-state index contributed by atoms with van der Waals surface area (Å²) in [6, 6.07) is 0. The number of aryl methyl sites for hydroxylation is 1. The zero-order valence-electron chi connectivity index (χ0n) is 13.0. The molecular weight excluding hydrogens is 299 g/mol. The number of aromatic amines is 1. The molecule has 3 heterocycles. The molecule has 0 bridgehead atoms. The van der Waals surface area contributed by atoms with Gasteiger partial charge in [-0.05, 0) is 25.7 Å². The molecule has 1 saturated heterocycles. The Kier molecular flexibility index (Phi) is 3.26. The van der Waals surface area contributed by atoms with E-state index in [2.05, 4.69) is 10.3 Å². The molecule has 2 aromatic rings. The number of halogens is 1. The van der Waals surface area contributed by atoms with E-state index in [1.54, 1.807) is 6.92 Å². The lowest BCUT2D eigenvalue weighted by Gasteiger charge is -2.31. The number of fused-ring (bicyclic) bond motifs is 1. The van der Waals surface area contributed by atoms with Crippen LogP contribution in [0.3, 0.4) is 0 Å². The largest absolute Gasteiger partial charge is 0.366 e. The fourth-order valence-corrected chi connectivity index (χ4v) is 3.56. The van der Waals surface area contributed by atoms with Gasteiger partial charge in [0.1, 0.15) is 0 Å². The monoisotopic (exact) mass is 318 g/mol. The normalized spacial score (nSPS) is 18.6. The molecule has 2 aromatic heterocycles. The van der Waals surface area contributed by atoms with Crippen molar-refractivity contribution >= 4 is 11.2 Å².